The number of aromatic nitrogens is 4. The number of hydrogen-bond acceptors (Lipinski definition) is 9. The molecular weight excluding hydrogens is 306 g/mol. The molecule has 0 aliphatic rings. The lowest BCUT2D eigenvalue weighted by atomic mass is 10.2. The van der Waals surface area contributed by atoms with E-state index >= 15 is 0 Å². The first-order valence-electron chi connectivity index (χ1n) is 6.11. The maximum atomic E-state index is 11.2. The first-order valence-corrected chi connectivity index (χ1v) is 6.11. The second kappa shape index (κ2) is 6.85. The van der Waals surface area contributed by atoms with Crippen LogP contribution in [-0.4, -0.2) is 39.8 Å². The Hall–Kier alpha value is -3.68. The minimum absolute atomic E-state index is 0.0443. The van der Waals surface area contributed by atoms with E-state index in [1.165, 1.54) is 32.6 Å². The molecule has 0 fully saturated rings. The molecule has 0 radical (unpaired) electrons. The molecule has 23 heavy (non-hydrogen) atoms. The summed E-state index contributed by atoms with van der Waals surface area (Å²) >= 11 is 0. The van der Waals surface area contributed by atoms with Crippen LogP contribution >= 0.6 is 0 Å². The first-order chi connectivity index (χ1) is 11.1. The summed E-state index contributed by atoms with van der Waals surface area (Å²) in [5.41, 5.74) is -0.0870. The Bertz CT molecular complexity index is 779. The second-order valence-electron chi connectivity index (χ2n) is 4.03. The number of nitriles is 1. The van der Waals surface area contributed by atoms with Gasteiger partial charge < -0.3 is 14.8 Å². The van der Waals surface area contributed by atoms with E-state index in [0.29, 0.717) is 5.75 Å². The van der Waals surface area contributed by atoms with Gasteiger partial charge in [-0.1, -0.05) is 0 Å². The Balaban J connectivity index is 2.42. The molecule has 0 saturated carbocycles. The van der Waals surface area contributed by atoms with E-state index < -0.39 is 4.92 Å². The Morgan fingerprint density at radius 3 is 2.65 bits per heavy atom. The zero-order chi connectivity index (χ0) is 16.8. The number of nitro groups is 1. The highest BCUT2D eigenvalue weighted by atomic mass is 16.6. The molecule has 1 aromatic carbocycles. The number of nitro benzene ring substituents is 1. The number of nitrogens with zero attached hydrogens (tertiary/aromatic N) is 5. The second-order valence-corrected chi connectivity index (χ2v) is 4.03. The van der Waals surface area contributed by atoms with E-state index in [1.54, 1.807) is 0 Å². The minimum Gasteiger partial charge on any atom is -0.493 e. The highest BCUT2D eigenvalue weighted by molar-refractivity contribution is 5.76. The van der Waals surface area contributed by atoms with Crippen molar-refractivity contribution >= 4 is 16.9 Å². The molecular formula is C12H11N7O4. The van der Waals surface area contributed by atoms with Crippen molar-refractivity contribution in [2.45, 2.75) is 0 Å². The smallest absolute Gasteiger partial charge is 0.296 e. The fourth-order valence-corrected chi connectivity index (χ4v) is 1.71. The van der Waals surface area contributed by atoms with Crippen molar-refractivity contribution in [2.75, 3.05) is 19.5 Å². The normalized spacial score (nSPS) is 10.7. The van der Waals surface area contributed by atoms with Crippen LogP contribution < -0.4 is 14.8 Å². The van der Waals surface area contributed by atoms with Crippen molar-refractivity contribution in [3.8, 4) is 17.6 Å². The van der Waals surface area contributed by atoms with E-state index in [9.17, 15) is 10.1 Å². The highest BCUT2D eigenvalue weighted by Crippen LogP contribution is 2.37. The predicted molar refractivity (Wildman–Crippen MR) is 77.6 cm³/mol. The van der Waals surface area contributed by atoms with E-state index in [0.717, 1.165) is 0 Å². The molecule has 0 bridgehead atoms. The number of benzene rings is 1. The molecule has 0 atom stereocenters. The molecule has 0 unspecified atom stereocenters. The van der Waals surface area contributed by atoms with Gasteiger partial charge >= 0.3 is 0 Å². The Kier molecular flexibility index (Phi) is 4.68. The third kappa shape index (κ3) is 3.32. The van der Waals surface area contributed by atoms with Gasteiger partial charge in [0, 0.05) is 12.3 Å². The number of nitrogens with one attached hydrogen (secondary N) is 2. The number of methoxy groups -OCH3 is 2. The maximum Gasteiger partial charge on any atom is 0.296 e. The lowest BCUT2D eigenvalue weighted by molar-refractivity contribution is -0.384. The van der Waals surface area contributed by atoms with Gasteiger partial charge in [0.25, 0.3) is 5.69 Å². The predicted octanol–water partition coefficient (Wildman–Crippen LogP) is 1.10. The van der Waals surface area contributed by atoms with E-state index in [2.05, 4.69) is 25.9 Å². The SMILES string of the molecule is COc1cc(NC=C(C#N)c2nn[nH]n2)c([N+](=O)[O-])cc1OC. The molecule has 1 heterocycles. The van der Waals surface area contributed by atoms with E-state index in [-0.39, 0.29) is 28.5 Å². The van der Waals surface area contributed by atoms with Gasteiger partial charge in [-0.05, 0) is 5.21 Å². The summed E-state index contributed by atoms with van der Waals surface area (Å²) in [6.45, 7) is 0. The van der Waals surface area contributed by atoms with Gasteiger partial charge in [-0.25, -0.2) is 0 Å². The standard InChI is InChI=1S/C12H11N7O4/c1-22-10-3-8(9(19(20)21)4-11(10)23-2)14-6-7(5-13)12-15-17-18-16-12/h3-4,6,14H,1-2H3,(H,15,16,17,18). The average Bonchev–Trinajstić information content (AvgIpc) is 3.08. The summed E-state index contributed by atoms with van der Waals surface area (Å²) in [6, 6.07) is 4.47. The van der Waals surface area contributed by atoms with E-state index in [4.69, 9.17) is 14.7 Å². The molecule has 11 heteroatoms. The molecule has 2 rings (SSSR count). The Morgan fingerprint density at radius 2 is 2.13 bits per heavy atom. The summed E-state index contributed by atoms with van der Waals surface area (Å²) in [4.78, 5) is 10.6. The monoisotopic (exact) mass is 317 g/mol. The maximum absolute atomic E-state index is 11.2. The molecule has 1 aromatic heterocycles. The Labute approximate surface area is 129 Å². The quantitative estimate of drug-likeness (QED) is 0.453. The molecule has 2 aromatic rings. The first kappa shape index (κ1) is 15.7. The van der Waals surface area contributed by atoms with Gasteiger partial charge in [0.15, 0.2) is 11.5 Å². The van der Waals surface area contributed by atoms with Crippen LogP contribution in [-0.2, 0) is 0 Å². The summed E-state index contributed by atoms with van der Waals surface area (Å²) in [7, 11) is 2.78. The number of aromatic amines is 1. The van der Waals surface area contributed by atoms with Crippen molar-refractivity contribution in [3.05, 3.63) is 34.3 Å². The van der Waals surface area contributed by atoms with Gasteiger partial charge in [0.2, 0.25) is 5.82 Å². The third-order valence-electron chi connectivity index (χ3n) is 2.78. The summed E-state index contributed by atoms with van der Waals surface area (Å²) < 4.78 is 10.1. The largest absolute Gasteiger partial charge is 0.493 e. The topological polar surface area (TPSA) is 152 Å². The van der Waals surface area contributed by atoms with Crippen LogP contribution in [0.5, 0.6) is 11.5 Å². The van der Waals surface area contributed by atoms with E-state index in [1.807, 2.05) is 6.07 Å². The van der Waals surface area contributed by atoms with Crippen LogP contribution in [0.25, 0.3) is 5.57 Å². The zero-order valence-electron chi connectivity index (χ0n) is 12.1. The van der Waals surface area contributed by atoms with Crippen molar-refractivity contribution in [3.63, 3.8) is 0 Å². The molecule has 2 N–H and O–H groups in total. The number of ether oxygens (including phenoxy) is 2. The number of hydrogen-bond donors (Lipinski definition) is 2. The van der Waals surface area contributed by atoms with Crippen molar-refractivity contribution in [1.82, 2.24) is 20.6 Å². The Morgan fingerprint density at radius 1 is 1.43 bits per heavy atom. The number of H-pyrrole nitrogens is 1. The fourth-order valence-electron chi connectivity index (χ4n) is 1.71. The van der Waals surface area contributed by atoms with Crippen LogP contribution in [0.15, 0.2) is 18.3 Å². The molecule has 0 spiro atoms. The third-order valence-corrected chi connectivity index (χ3v) is 2.78. The van der Waals surface area contributed by atoms with Crippen molar-refractivity contribution in [1.29, 1.82) is 5.26 Å². The van der Waals surface area contributed by atoms with Gasteiger partial charge in [0.05, 0.1) is 25.2 Å². The average molecular weight is 317 g/mol. The molecule has 0 aliphatic heterocycles. The van der Waals surface area contributed by atoms with Gasteiger partial charge in [0.1, 0.15) is 17.3 Å². The van der Waals surface area contributed by atoms with Crippen LogP contribution in [0, 0.1) is 21.4 Å². The number of tetrazole rings is 1. The van der Waals surface area contributed by atoms with Gasteiger partial charge in [-0.2, -0.15) is 10.5 Å². The molecule has 0 amide bonds. The highest BCUT2D eigenvalue weighted by Gasteiger charge is 2.19. The molecule has 0 saturated heterocycles. The van der Waals surface area contributed by atoms with Crippen LogP contribution in [0.2, 0.25) is 0 Å². The number of anilines is 1. The van der Waals surface area contributed by atoms with Crippen molar-refractivity contribution in [2.24, 2.45) is 0 Å². The lowest BCUT2D eigenvalue weighted by Gasteiger charge is -2.10. The van der Waals surface area contributed by atoms with Crippen LogP contribution in [0.4, 0.5) is 11.4 Å². The summed E-state index contributed by atoms with van der Waals surface area (Å²) in [5, 5.41) is 35.8. The van der Waals surface area contributed by atoms with Gasteiger partial charge in [-0.15, -0.1) is 10.2 Å². The number of allylic oxidation sites excluding steroid dienone is 1. The molecule has 11 nitrogen and oxygen atoms in total. The lowest BCUT2D eigenvalue weighted by Crippen LogP contribution is -2.00. The van der Waals surface area contributed by atoms with Gasteiger partial charge in [-0.3, -0.25) is 10.1 Å². The van der Waals surface area contributed by atoms with Crippen LogP contribution in [0.1, 0.15) is 5.82 Å². The number of rotatable bonds is 6. The summed E-state index contributed by atoms with van der Waals surface area (Å²) in [6.07, 6.45) is 1.24. The fraction of sp³-hybridized carbons (Fsp3) is 0.167. The van der Waals surface area contributed by atoms with Crippen molar-refractivity contribution < 1.29 is 14.4 Å². The minimum atomic E-state index is -0.585. The molecule has 118 valence electrons. The zero-order valence-corrected chi connectivity index (χ0v) is 12.1. The summed E-state index contributed by atoms with van der Waals surface area (Å²) in [5.74, 6) is 0.572. The van der Waals surface area contributed by atoms with Crippen LogP contribution in [0.3, 0.4) is 0 Å². The molecule has 0 aliphatic carbocycles.